The number of hydrogen-bond acceptors (Lipinski definition) is 0. The Bertz CT molecular complexity index is 782. The molecule has 0 aliphatic heterocycles. The summed E-state index contributed by atoms with van der Waals surface area (Å²) in [5.41, 5.74) is 6.16. The molecule has 0 nitrogen and oxygen atoms in total. The molecule has 0 aromatic heterocycles. The number of halogens is 1. The van der Waals surface area contributed by atoms with Crippen molar-refractivity contribution in [3.63, 3.8) is 0 Å². The Morgan fingerprint density at radius 3 is 2.05 bits per heavy atom. The van der Waals surface area contributed by atoms with Crippen LogP contribution in [0.1, 0.15) is 33.2 Å². The van der Waals surface area contributed by atoms with E-state index in [-0.39, 0.29) is 5.38 Å². The standard InChI is InChI=1S/C20H19Cl/c1-13-10-14(2)12-16(11-13)20(21)19-9-8-15(3)17-6-4-5-7-18(17)19/h4-12,20H,1-3H3. The third-order valence-corrected chi connectivity index (χ3v) is 4.47. The molecule has 3 rings (SSSR count). The first kappa shape index (κ1) is 14.2. The summed E-state index contributed by atoms with van der Waals surface area (Å²) in [6.45, 7) is 6.38. The fraction of sp³-hybridized carbons (Fsp3) is 0.200. The summed E-state index contributed by atoms with van der Waals surface area (Å²) in [5.74, 6) is 0. The molecule has 0 bridgehead atoms. The van der Waals surface area contributed by atoms with E-state index in [2.05, 4.69) is 75.4 Å². The zero-order chi connectivity index (χ0) is 15.0. The predicted molar refractivity (Wildman–Crippen MR) is 92.3 cm³/mol. The Balaban J connectivity index is 2.18. The van der Waals surface area contributed by atoms with Gasteiger partial charge in [0, 0.05) is 0 Å². The van der Waals surface area contributed by atoms with E-state index in [1.54, 1.807) is 0 Å². The van der Waals surface area contributed by atoms with E-state index in [4.69, 9.17) is 11.6 Å². The van der Waals surface area contributed by atoms with Crippen LogP contribution in [0.25, 0.3) is 10.8 Å². The van der Waals surface area contributed by atoms with Gasteiger partial charge in [-0.1, -0.05) is 65.7 Å². The Kier molecular flexibility index (Phi) is 3.73. The molecule has 1 heteroatoms. The topological polar surface area (TPSA) is 0 Å². The van der Waals surface area contributed by atoms with Crippen LogP contribution in [-0.2, 0) is 0 Å². The monoisotopic (exact) mass is 294 g/mol. The smallest absolute Gasteiger partial charge is 0.0841 e. The molecule has 0 aliphatic carbocycles. The molecule has 3 aromatic rings. The van der Waals surface area contributed by atoms with E-state index < -0.39 is 0 Å². The van der Waals surface area contributed by atoms with Crippen molar-refractivity contribution >= 4 is 22.4 Å². The Hall–Kier alpha value is -1.79. The maximum Gasteiger partial charge on any atom is 0.0841 e. The van der Waals surface area contributed by atoms with Crippen LogP contribution < -0.4 is 0 Å². The van der Waals surface area contributed by atoms with Crippen LogP contribution in [0.4, 0.5) is 0 Å². The normalized spacial score (nSPS) is 12.6. The van der Waals surface area contributed by atoms with Gasteiger partial charge in [-0.25, -0.2) is 0 Å². The van der Waals surface area contributed by atoms with Gasteiger partial charge in [-0.05, 0) is 48.2 Å². The highest BCUT2D eigenvalue weighted by Gasteiger charge is 2.15. The van der Waals surface area contributed by atoms with E-state index in [9.17, 15) is 0 Å². The second-order valence-electron chi connectivity index (χ2n) is 5.80. The molecule has 0 spiro atoms. The van der Waals surface area contributed by atoms with Crippen molar-refractivity contribution in [3.05, 3.63) is 82.4 Å². The van der Waals surface area contributed by atoms with Gasteiger partial charge in [0.15, 0.2) is 0 Å². The number of rotatable bonds is 2. The number of hydrogen-bond donors (Lipinski definition) is 0. The van der Waals surface area contributed by atoms with Crippen LogP contribution in [0.2, 0.25) is 0 Å². The number of fused-ring (bicyclic) bond motifs is 1. The molecule has 0 N–H and O–H groups in total. The van der Waals surface area contributed by atoms with Crippen molar-refractivity contribution in [2.75, 3.05) is 0 Å². The summed E-state index contributed by atoms with van der Waals surface area (Å²) in [6.07, 6.45) is 0. The molecule has 0 fully saturated rings. The molecule has 1 atom stereocenters. The molecule has 0 saturated heterocycles. The summed E-state index contributed by atoms with van der Waals surface area (Å²) in [4.78, 5) is 0. The average molecular weight is 295 g/mol. The lowest BCUT2D eigenvalue weighted by molar-refractivity contribution is 1.14. The summed E-state index contributed by atoms with van der Waals surface area (Å²) in [6, 6.07) is 19.4. The van der Waals surface area contributed by atoms with Crippen molar-refractivity contribution < 1.29 is 0 Å². The number of alkyl halides is 1. The highest BCUT2D eigenvalue weighted by Crippen LogP contribution is 2.35. The molecule has 0 amide bonds. The van der Waals surface area contributed by atoms with Crippen molar-refractivity contribution in [2.45, 2.75) is 26.1 Å². The quantitative estimate of drug-likeness (QED) is 0.501. The maximum atomic E-state index is 6.81. The van der Waals surface area contributed by atoms with Crippen LogP contribution in [0.3, 0.4) is 0 Å². The lowest BCUT2D eigenvalue weighted by Crippen LogP contribution is -1.97. The third-order valence-electron chi connectivity index (χ3n) is 3.99. The number of aryl methyl sites for hydroxylation is 3. The fourth-order valence-corrected chi connectivity index (χ4v) is 3.35. The average Bonchev–Trinajstić information content (AvgIpc) is 2.46. The summed E-state index contributed by atoms with van der Waals surface area (Å²) in [5, 5.41) is 2.41. The first-order chi connectivity index (χ1) is 10.1. The van der Waals surface area contributed by atoms with Gasteiger partial charge < -0.3 is 0 Å². The predicted octanol–water partition coefficient (Wildman–Crippen LogP) is 6.09. The molecular formula is C20H19Cl. The zero-order valence-corrected chi connectivity index (χ0v) is 13.4. The lowest BCUT2D eigenvalue weighted by atomic mass is 9.94. The molecular weight excluding hydrogens is 276 g/mol. The van der Waals surface area contributed by atoms with Gasteiger partial charge in [0.25, 0.3) is 0 Å². The lowest BCUT2D eigenvalue weighted by Gasteiger charge is -2.16. The van der Waals surface area contributed by atoms with E-state index in [0.29, 0.717) is 0 Å². The Morgan fingerprint density at radius 2 is 1.38 bits per heavy atom. The molecule has 0 saturated carbocycles. The van der Waals surface area contributed by atoms with Gasteiger partial charge in [0.2, 0.25) is 0 Å². The van der Waals surface area contributed by atoms with Crippen molar-refractivity contribution in [1.82, 2.24) is 0 Å². The van der Waals surface area contributed by atoms with Crippen LogP contribution in [0.15, 0.2) is 54.6 Å². The van der Waals surface area contributed by atoms with Crippen LogP contribution in [0.5, 0.6) is 0 Å². The molecule has 0 heterocycles. The summed E-state index contributed by atoms with van der Waals surface area (Å²) >= 11 is 6.81. The molecule has 1 unspecified atom stereocenters. The zero-order valence-electron chi connectivity index (χ0n) is 12.7. The van der Waals surface area contributed by atoms with E-state index >= 15 is 0 Å². The van der Waals surface area contributed by atoms with Gasteiger partial charge in [-0.15, -0.1) is 11.6 Å². The van der Waals surface area contributed by atoms with Crippen molar-refractivity contribution in [1.29, 1.82) is 0 Å². The molecule has 0 aliphatic rings. The van der Waals surface area contributed by atoms with E-state index in [1.807, 2.05) is 0 Å². The SMILES string of the molecule is Cc1cc(C)cc(C(Cl)c2ccc(C)c3ccccc23)c1. The number of benzene rings is 3. The van der Waals surface area contributed by atoms with Crippen molar-refractivity contribution in [3.8, 4) is 0 Å². The Labute approximate surface area is 131 Å². The third kappa shape index (κ3) is 2.69. The van der Waals surface area contributed by atoms with Crippen LogP contribution in [0, 0.1) is 20.8 Å². The maximum absolute atomic E-state index is 6.81. The first-order valence-corrected chi connectivity index (χ1v) is 7.70. The van der Waals surface area contributed by atoms with Crippen LogP contribution >= 0.6 is 11.6 Å². The molecule has 106 valence electrons. The highest BCUT2D eigenvalue weighted by molar-refractivity contribution is 6.23. The van der Waals surface area contributed by atoms with Crippen LogP contribution in [-0.4, -0.2) is 0 Å². The van der Waals surface area contributed by atoms with Gasteiger partial charge in [0.1, 0.15) is 0 Å². The fourth-order valence-electron chi connectivity index (χ4n) is 3.03. The second kappa shape index (κ2) is 5.54. The van der Waals surface area contributed by atoms with E-state index in [0.717, 1.165) is 0 Å². The van der Waals surface area contributed by atoms with Gasteiger partial charge in [-0.3, -0.25) is 0 Å². The molecule has 0 radical (unpaired) electrons. The van der Waals surface area contributed by atoms with Gasteiger partial charge >= 0.3 is 0 Å². The largest absolute Gasteiger partial charge is 0.113 e. The van der Waals surface area contributed by atoms with Gasteiger partial charge in [-0.2, -0.15) is 0 Å². The molecule has 21 heavy (non-hydrogen) atoms. The minimum absolute atomic E-state index is 0.117. The second-order valence-corrected chi connectivity index (χ2v) is 6.24. The molecule has 3 aromatic carbocycles. The summed E-state index contributed by atoms with van der Waals surface area (Å²) < 4.78 is 0. The minimum Gasteiger partial charge on any atom is -0.113 e. The van der Waals surface area contributed by atoms with Crippen molar-refractivity contribution in [2.24, 2.45) is 0 Å². The summed E-state index contributed by atoms with van der Waals surface area (Å²) in [7, 11) is 0. The van der Waals surface area contributed by atoms with E-state index in [1.165, 1.54) is 38.6 Å². The Morgan fingerprint density at radius 1 is 0.762 bits per heavy atom. The first-order valence-electron chi connectivity index (χ1n) is 7.27. The minimum atomic E-state index is -0.117. The highest BCUT2D eigenvalue weighted by atomic mass is 35.5. The van der Waals surface area contributed by atoms with Gasteiger partial charge in [0.05, 0.1) is 5.38 Å².